The summed E-state index contributed by atoms with van der Waals surface area (Å²) in [6, 6.07) is 7.45. The van der Waals surface area contributed by atoms with Gasteiger partial charge < -0.3 is 19.5 Å². The van der Waals surface area contributed by atoms with Crippen LogP contribution in [0.25, 0.3) is 0 Å². The predicted octanol–water partition coefficient (Wildman–Crippen LogP) is 3.23. The first-order valence-corrected chi connectivity index (χ1v) is 8.49. The summed E-state index contributed by atoms with van der Waals surface area (Å²) in [5.41, 5.74) is 0.795. The first-order valence-electron chi connectivity index (χ1n) is 8.49. The molecule has 0 atom stereocenters. The largest absolute Gasteiger partial charge is 0.494 e. The number of aromatic nitrogens is 2. The van der Waals surface area contributed by atoms with E-state index in [0.717, 1.165) is 43.9 Å². The molecule has 0 bridgehead atoms. The van der Waals surface area contributed by atoms with Crippen molar-refractivity contribution in [3.05, 3.63) is 43.0 Å². The molecule has 24 heavy (non-hydrogen) atoms. The molecule has 1 aromatic carbocycles. The van der Waals surface area contributed by atoms with Crippen molar-refractivity contribution in [3.8, 4) is 5.75 Å². The number of benzene rings is 1. The predicted molar refractivity (Wildman–Crippen MR) is 93.2 cm³/mol. The minimum absolute atomic E-state index is 0.0276. The number of piperidine rings is 1. The molecule has 2 amide bonds. The van der Waals surface area contributed by atoms with E-state index >= 15 is 0 Å². The summed E-state index contributed by atoms with van der Waals surface area (Å²) in [6.45, 7) is 5.16. The molecule has 0 spiro atoms. The van der Waals surface area contributed by atoms with Gasteiger partial charge in [0.05, 0.1) is 12.9 Å². The van der Waals surface area contributed by atoms with Gasteiger partial charge in [0, 0.05) is 37.7 Å². The summed E-state index contributed by atoms with van der Waals surface area (Å²) >= 11 is 0. The van der Waals surface area contributed by atoms with Gasteiger partial charge in [-0.2, -0.15) is 0 Å². The number of amides is 2. The van der Waals surface area contributed by atoms with Gasteiger partial charge in [-0.1, -0.05) is 0 Å². The van der Waals surface area contributed by atoms with Crippen molar-refractivity contribution in [2.24, 2.45) is 5.92 Å². The Balaban J connectivity index is 1.46. The number of anilines is 1. The monoisotopic (exact) mass is 328 g/mol. The van der Waals surface area contributed by atoms with Crippen molar-refractivity contribution in [2.75, 3.05) is 25.0 Å². The Hall–Kier alpha value is -2.50. The summed E-state index contributed by atoms with van der Waals surface area (Å²) in [5, 5.41) is 2.96. The number of urea groups is 1. The number of nitrogens with one attached hydrogen (secondary N) is 1. The lowest BCUT2D eigenvalue weighted by Gasteiger charge is -2.32. The highest BCUT2D eigenvalue weighted by Crippen LogP contribution is 2.21. The van der Waals surface area contributed by atoms with Crippen LogP contribution in [0, 0.1) is 5.92 Å². The fourth-order valence-electron chi connectivity index (χ4n) is 3.02. The fraction of sp³-hybridized carbons (Fsp3) is 0.444. The van der Waals surface area contributed by atoms with Crippen LogP contribution in [0.2, 0.25) is 0 Å². The number of hydrogen-bond acceptors (Lipinski definition) is 3. The molecule has 2 aromatic rings. The van der Waals surface area contributed by atoms with Crippen molar-refractivity contribution in [3.63, 3.8) is 0 Å². The normalized spacial score (nSPS) is 15.3. The van der Waals surface area contributed by atoms with Gasteiger partial charge >= 0.3 is 6.03 Å². The van der Waals surface area contributed by atoms with E-state index in [9.17, 15) is 4.79 Å². The second kappa shape index (κ2) is 7.86. The average Bonchev–Trinajstić information content (AvgIpc) is 3.10. The molecule has 1 fully saturated rings. The average molecular weight is 328 g/mol. The van der Waals surface area contributed by atoms with E-state index in [4.69, 9.17) is 4.74 Å². The van der Waals surface area contributed by atoms with Crippen LogP contribution in [0.15, 0.2) is 43.0 Å². The van der Waals surface area contributed by atoms with E-state index in [-0.39, 0.29) is 6.03 Å². The number of carbonyl (C=O) groups excluding carboxylic acids is 1. The molecule has 1 saturated heterocycles. The van der Waals surface area contributed by atoms with Crippen LogP contribution in [0.1, 0.15) is 19.8 Å². The third-order valence-electron chi connectivity index (χ3n) is 4.35. The van der Waals surface area contributed by atoms with Crippen molar-refractivity contribution in [2.45, 2.75) is 26.3 Å². The van der Waals surface area contributed by atoms with Crippen molar-refractivity contribution >= 4 is 11.7 Å². The van der Waals surface area contributed by atoms with E-state index in [2.05, 4.69) is 14.9 Å². The molecule has 0 aliphatic carbocycles. The number of carbonyl (C=O) groups is 1. The van der Waals surface area contributed by atoms with Crippen LogP contribution in [0.4, 0.5) is 10.5 Å². The molecule has 1 N–H and O–H groups in total. The fourth-order valence-corrected chi connectivity index (χ4v) is 3.02. The lowest BCUT2D eigenvalue weighted by Crippen LogP contribution is -2.41. The van der Waals surface area contributed by atoms with E-state index in [1.807, 2.05) is 48.6 Å². The molecule has 1 aromatic heterocycles. The highest BCUT2D eigenvalue weighted by Gasteiger charge is 2.23. The van der Waals surface area contributed by atoms with Crippen LogP contribution >= 0.6 is 0 Å². The highest BCUT2D eigenvalue weighted by molar-refractivity contribution is 5.89. The van der Waals surface area contributed by atoms with Gasteiger partial charge in [0.2, 0.25) is 0 Å². The Kier molecular flexibility index (Phi) is 5.36. The molecule has 0 saturated carbocycles. The van der Waals surface area contributed by atoms with Crippen molar-refractivity contribution in [1.82, 2.24) is 14.5 Å². The maximum absolute atomic E-state index is 12.4. The maximum Gasteiger partial charge on any atom is 0.321 e. The first-order chi connectivity index (χ1) is 11.7. The third kappa shape index (κ3) is 4.28. The van der Waals surface area contributed by atoms with Crippen LogP contribution in [0.5, 0.6) is 5.75 Å². The summed E-state index contributed by atoms with van der Waals surface area (Å²) in [7, 11) is 0. The molecule has 128 valence electrons. The summed E-state index contributed by atoms with van der Waals surface area (Å²) in [4.78, 5) is 18.3. The zero-order valence-corrected chi connectivity index (χ0v) is 14.0. The van der Waals surface area contributed by atoms with Gasteiger partial charge in [0.25, 0.3) is 0 Å². The number of rotatable bonds is 5. The van der Waals surface area contributed by atoms with Gasteiger partial charge in [-0.3, -0.25) is 0 Å². The molecule has 6 heteroatoms. The second-order valence-corrected chi connectivity index (χ2v) is 6.08. The van der Waals surface area contributed by atoms with Crippen LogP contribution in [-0.2, 0) is 6.54 Å². The number of likely N-dealkylation sites (tertiary alicyclic amines) is 1. The van der Waals surface area contributed by atoms with E-state index in [1.165, 1.54) is 0 Å². The minimum Gasteiger partial charge on any atom is -0.494 e. The smallest absolute Gasteiger partial charge is 0.321 e. The van der Waals surface area contributed by atoms with E-state index in [1.54, 1.807) is 6.20 Å². The molecule has 3 rings (SSSR count). The van der Waals surface area contributed by atoms with Crippen LogP contribution < -0.4 is 10.1 Å². The van der Waals surface area contributed by atoms with Gasteiger partial charge in [-0.05, 0) is 49.9 Å². The minimum atomic E-state index is -0.0276. The third-order valence-corrected chi connectivity index (χ3v) is 4.35. The van der Waals surface area contributed by atoms with Gasteiger partial charge in [0.1, 0.15) is 5.75 Å². The number of hydrogen-bond donors (Lipinski definition) is 1. The summed E-state index contributed by atoms with van der Waals surface area (Å²) < 4.78 is 7.52. The summed E-state index contributed by atoms with van der Waals surface area (Å²) in [6.07, 6.45) is 7.69. The molecule has 2 heterocycles. The Morgan fingerprint density at radius 1 is 1.29 bits per heavy atom. The van der Waals surface area contributed by atoms with Crippen molar-refractivity contribution < 1.29 is 9.53 Å². The first kappa shape index (κ1) is 16.4. The van der Waals surface area contributed by atoms with Gasteiger partial charge in [0.15, 0.2) is 0 Å². The standard InChI is InChI=1S/C18H24N4O2/c1-2-24-17-5-3-16(4-6-17)20-18(23)22-10-7-15(8-11-22)13-21-12-9-19-14-21/h3-6,9,12,14-15H,2,7-8,10-11,13H2,1H3,(H,20,23). The highest BCUT2D eigenvalue weighted by atomic mass is 16.5. The molecule has 0 unspecified atom stereocenters. The van der Waals surface area contributed by atoms with Gasteiger partial charge in [-0.25, -0.2) is 9.78 Å². The number of imidazole rings is 1. The second-order valence-electron chi connectivity index (χ2n) is 6.08. The lowest BCUT2D eigenvalue weighted by molar-refractivity contribution is 0.177. The SMILES string of the molecule is CCOc1ccc(NC(=O)N2CCC(Cn3ccnc3)CC2)cc1. The van der Waals surface area contributed by atoms with Crippen LogP contribution in [-0.4, -0.2) is 40.2 Å². The van der Waals surface area contributed by atoms with Crippen LogP contribution in [0.3, 0.4) is 0 Å². The molecule has 1 aliphatic heterocycles. The lowest BCUT2D eigenvalue weighted by atomic mass is 9.97. The molecule has 0 radical (unpaired) electrons. The zero-order chi connectivity index (χ0) is 16.8. The van der Waals surface area contributed by atoms with Gasteiger partial charge in [-0.15, -0.1) is 0 Å². The Morgan fingerprint density at radius 3 is 2.67 bits per heavy atom. The Labute approximate surface area is 142 Å². The number of ether oxygens (including phenoxy) is 1. The topological polar surface area (TPSA) is 59.4 Å². The summed E-state index contributed by atoms with van der Waals surface area (Å²) in [5.74, 6) is 1.42. The zero-order valence-electron chi connectivity index (χ0n) is 14.0. The quantitative estimate of drug-likeness (QED) is 0.917. The molecular weight excluding hydrogens is 304 g/mol. The molecule has 6 nitrogen and oxygen atoms in total. The Morgan fingerprint density at radius 2 is 2.04 bits per heavy atom. The number of nitrogens with zero attached hydrogens (tertiary/aromatic N) is 3. The Bertz CT molecular complexity index is 632. The van der Waals surface area contributed by atoms with E-state index < -0.39 is 0 Å². The molecular formula is C18H24N4O2. The van der Waals surface area contributed by atoms with E-state index in [0.29, 0.717) is 12.5 Å². The maximum atomic E-state index is 12.4. The van der Waals surface area contributed by atoms with Crippen molar-refractivity contribution in [1.29, 1.82) is 0 Å². The molecule has 1 aliphatic rings.